The van der Waals surface area contributed by atoms with Crippen molar-refractivity contribution in [2.75, 3.05) is 24.7 Å². The molecule has 1 N–H and O–H groups in total. The summed E-state index contributed by atoms with van der Waals surface area (Å²) in [6.45, 7) is 6.03. The number of para-hydroxylation sites is 1. The van der Waals surface area contributed by atoms with E-state index in [9.17, 15) is 19.5 Å². The van der Waals surface area contributed by atoms with Gasteiger partial charge in [0, 0.05) is 40.9 Å². The van der Waals surface area contributed by atoms with Gasteiger partial charge in [0.05, 0.1) is 34.7 Å². The SMILES string of the molecule is CCCN1C(=O)[C@H]2[C@H](CC=C3[C@H]2C[C@H]2C(=O)N(c4cc(-c5sc6ccc(Cl)cc6c5C)nn4C)C(=O)[C@@]2(C)[C@H]3c2ccccc2OCCO)C1=O. The van der Waals surface area contributed by atoms with Gasteiger partial charge in [0.1, 0.15) is 23.9 Å². The van der Waals surface area contributed by atoms with E-state index in [4.69, 9.17) is 21.4 Å². The molecule has 4 amide bonds. The first-order valence-corrected chi connectivity index (χ1v) is 18.7. The first kappa shape index (κ1) is 33.8. The second-order valence-electron chi connectivity index (χ2n) is 14.3. The Balaban J connectivity index is 1.25. The molecule has 4 aliphatic rings. The number of hydrogen-bond donors (Lipinski definition) is 1. The lowest BCUT2D eigenvalue weighted by Gasteiger charge is -2.49. The lowest BCUT2D eigenvalue weighted by atomic mass is 9.51. The summed E-state index contributed by atoms with van der Waals surface area (Å²) in [5.74, 6) is -3.10. The number of imide groups is 2. The Bertz CT molecular complexity index is 2170. The monoisotopic (exact) mass is 726 g/mol. The van der Waals surface area contributed by atoms with Crippen molar-refractivity contribution in [2.45, 2.75) is 46.0 Å². The Morgan fingerprint density at radius 3 is 2.61 bits per heavy atom. The number of aliphatic hydroxyl groups is 1. The molecule has 6 atom stereocenters. The average Bonchev–Trinajstić information content (AvgIpc) is 3.78. The van der Waals surface area contributed by atoms with Gasteiger partial charge in [-0.05, 0) is 74.2 Å². The summed E-state index contributed by atoms with van der Waals surface area (Å²) >= 11 is 7.89. The first-order valence-electron chi connectivity index (χ1n) is 17.5. The predicted octanol–water partition coefficient (Wildman–Crippen LogP) is 6.28. The Labute approximate surface area is 304 Å². The molecule has 0 radical (unpaired) electrons. The molecule has 0 bridgehead atoms. The highest BCUT2D eigenvalue weighted by atomic mass is 35.5. The second kappa shape index (κ2) is 12.4. The maximum absolute atomic E-state index is 15.1. The van der Waals surface area contributed by atoms with Crippen LogP contribution in [0, 0.1) is 36.0 Å². The fourth-order valence-corrected chi connectivity index (χ4v) is 10.6. The van der Waals surface area contributed by atoms with Crippen LogP contribution in [0.25, 0.3) is 20.7 Å². The van der Waals surface area contributed by atoms with E-state index in [2.05, 4.69) is 0 Å². The van der Waals surface area contributed by atoms with Crippen LogP contribution in [0.1, 0.15) is 50.2 Å². The fraction of sp³-hybridized carbons (Fsp3) is 0.410. The Morgan fingerprint density at radius 2 is 1.84 bits per heavy atom. The molecule has 2 aliphatic heterocycles. The molecule has 4 aromatic rings. The molecule has 3 fully saturated rings. The zero-order chi connectivity index (χ0) is 35.9. The van der Waals surface area contributed by atoms with E-state index in [1.807, 2.05) is 63.2 Å². The number of likely N-dealkylation sites (tertiary alicyclic amines) is 1. The number of carbonyl (C=O) groups is 4. The second-order valence-corrected chi connectivity index (χ2v) is 15.8. The molecule has 264 valence electrons. The molecule has 0 unspecified atom stereocenters. The number of carbonyl (C=O) groups excluding carboxylic acids is 4. The molecule has 0 spiro atoms. The van der Waals surface area contributed by atoms with Gasteiger partial charge in [0.15, 0.2) is 0 Å². The summed E-state index contributed by atoms with van der Waals surface area (Å²) < 4.78 is 8.68. The number of amides is 4. The van der Waals surface area contributed by atoms with Crippen LogP contribution in [0.3, 0.4) is 0 Å². The van der Waals surface area contributed by atoms with Gasteiger partial charge < -0.3 is 9.84 Å². The number of aliphatic hydroxyl groups excluding tert-OH is 1. The quantitative estimate of drug-likeness (QED) is 0.168. The van der Waals surface area contributed by atoms with Crippen molar-refractivity contribution in [1.29, 1.82) is 0 Å². The topological polar surface area (TPSA) is 122 Å². The number of nitrogens with zero attached hydrogens (tertiary/aromatic N) is 4. The van der Waals surface area contributed by atoms with Crippen LogP contribution in [0.5, 0.6) is 5.75 Å². The normalized spacial score (nSPS) is 27.3. The van der Waals surface area contributed by atoms with Crippen molar-refractivity contribution in [3.63, 3.8) is 0 Å². The number of ether oxygens (including phenoxy) is 1. The molecule has 2 aliphatic carbocycles. The first-order chi connectivity index (χ1) is 24.5. The van der Waals surface area contributed by atoms with E-state index >= 15 is 4.79 Å². The number of hydrogen-bond acceptors (Lipinski definition) is 8. The van der Waals surface area contributed by atoms with E-state index in [-0.39, 0.29) is 43.3 Å². The zero-order valence-corrected chi connectivity index (χ0v) is 30.5. The van der Waals surface area contributed by atoms with Crippen LogP contribution >= 0.6 is 22.9 Å². The number of thiophene rings is 1. The summed E-state index contributed by atoms with van der Waals surface area (Å²) in [4.78, 5) is 61.0. The number of halogens is 1. The highest BCUT2D eigenvalue weighted by Gasteiger charge is 2.68. The maximum atomic E-state index is 15.1. The van der Waals surface area contributed by atoms with Crippen molar-refractivity contribution >= 4 is 62.5 Å². The van der Waals surface area contributed by atoms with Crippen LogP contribution in [-0.4, -0.2) is 63.2 Å². The van der Waals surface area contributed by atoms with Crippen molar-refractivity contribution in [3.8, 4) is 16.3 Å². The van der Waals surface area contributed by atoms with Gasteiger partial charge in [-0.1, -0.05) is 48.4 Å². The van der Waals surface area contributed by atoms with E-state index in [0.717, 1.165) is 26.1 Å². The highest BCUT2D eigenvalue weighted by Crippen LogP contribution is 2.64. The number of aromatic nitrogens is 2. The van der Waals surface area contributed by atoms with E-state index in [1.165, 1.54) is 9.80 Å². The number of rotatable bonds is 8. The predicted molar refractivity (Wildman–Crippen MR) is 194 cm³/mol. The lowest BCUT2D eigenvalue weighted by Crippen LogP contribution is -2.49. The van der Waals surface area contributed by atoms with Crippen molar-refractivity contribution in [2.24, 2.45) is 36.1 Å². The standard InChI is InChI=1S/C39H39ClN4O6S/c1-5-14-43-35(46)24-12-11-22-26(32(24)37(43)48)18-27-36(47)44(38(49)39(27,3)33(22)23-8-6-7-9-29(23)50-16-15-45)31-19-28(41-42(31)4)34-20(2)25-17-21(40)10-13-30(25)51-34/h6-11,13,17,19,24,26-27,32-33,45H,5,12,14-16,18H2,1-4H3/t24-,26+,27-,32-,33+,39+/m0/s1. The Hall–Kier alpha value is -4.32. The van der Waals surface area contributed by atoms with Crippen LogP contribution < -0.4 is 9.64 Å². The molecule has 4 heterocycles. The van der Waals surface area contributed by atoms with E-state index in [1.54, 1.807) is 35.2 Å². The Morgan fingerprint density at radius 1 is 1.06 bits per heavy atom. The number of aryl methyl sites for hydroxylation is 2. The van der Waals surface area contributed by atoms with Crippen LogP contribution in [0.15, 0.2) is 60.2 Å². The third kappa shape index (κ3) is 4.88. The van der Waals surface area contributed by atoms with Crippen molar-refractivity contribution < 1.29 is 29.0 Å². The Kier molecular flexibility index (Phi) is 8.23. The van der Waals surface area contributed by atoms with Gasteiger partial charge in [0.2, 0.25) is 23.6 Å². The highest BCUT2D eigenvalue weighted by molar-refractivity contribution is 7.22. The van der Waals surface area contributed by atoms with Crippen molar-refractivity contribution in [3.05, 3.63) is 76.3 Å². The summed E-state index contributed by atoms with van der Waals surface area (Å²) in [6, 6.07) is 15.0. The van der Waals surface area contributed by atoms with Gasteiger partial charge in [-0.3, -0.25) is 28.8 Å². The van der Waals surface area contributed by atoms with Crippen LogP contribution in [-0.2, 0) is 26.2 Å². The fourth-order valence-electron chi connectivity index (χ4n) is 9.31. The minimum atomic E-state index is -1.24. The average molecular weight is 727 g/mol. The molecule has 51 heavy (non-hydrogen) atoms. The van der Waals surface area contributed by atoms with Gasteiger partial charge in [-0.25, -0.2) is 4.90 Å². The van der Waals surface area contributed by atoms with Crippen LogP contribution in [0.4, 0.5) is 5.82 Å². The number of allylic oxidation sites excluding steroid dienone is 2. The molecule has 1 saturated carbocycles. The summed E-state index contributed by atoms with van der Waals surface area (Å²) in [7, 11) is 1.73. The van der Waals surface area contributed by atoms with Gasteiger partial charge in [-0.15, -0.1) is 11.3 Å². The molecule has 2 saturated heterocycles. The third-order valence-corrected chi connectivity index (χ3v) is 13.1. The van der Waals surface area contributed by atoms with Gasteiger partial charge in [0.25, 0.3) is 0 Å². The summed E-state index contributed by atoms with van der Waals surface area (Å²) in [6.07, 6.45) is 3.35. The smallest absolute Gasteiger partial charge is 0.242 e. The van der Waals surface area contributed by atoms with Gasteiger partial charge in [-0.2, -0.15) is 5.10 Å². The van der Waals surface area contributed by atoms with Gasteiger partial charge >= 0.3 is 0 Å². The van der Waals surface area contributed by atoms with Crippen molar-refractivity contribution in [1.82, 2.24) is 14.7 Å². The minimum absolute atomic E-state index is 0.0518. The molecule has 10 nitrogen and oxygen atoms in total. The largest absolute Gasteiger partial charge is 0.491 e. The molecule has 2 aromatic heterocycles. The third-order valence-electron chi connectivity index (χ3n) is 11.6. The molecular formula is C39H39ClN4O6S. The molecule has 12 heteroatoms. The van der Waals surface area contributed by atoms with Crippen LogP contribution in [0.2, 0.25) is 5.02 Å². The zero-order valence-electron chi connectivity index (χ0n) is 28.9. The van der Waals surface area contributed by atoms with E-state index < -0.39 is 35.0 Å². The number of fused-ring (bicyclic) bond motifs is 5. The summed E-state index contributed by atoms with van der Waals surface area (Å²) in [5.41, 5.74) is 2.02. The minimum Gasteiger partial charge on any atom is -0.491 e. The molecule has 8 rings (SSSR count). The maximum Gasteiger partial charge on any atom is 0.242 e. The number of anilines is 1. The number of benzene rings is 2. The molecular weight excluding hydrogens is 688 g/mol. The lowest BCUT2D eigenvalue weighted by molar-refractivity contribution is -0.140. The molecule has 2 aromatic carbocycles. The van der Waals surface area contributed by atoms with E-state index in [0.29, 0.717) is 47.2 Å². The summed E-state index contributed by atoms with van der Waals surface area (Å²) in [5, 5.41) is 16.1.